The molecular weight excluding hydrogens is 168 g/mol. The Balaban J connectivity index is 1.58. The molecule has 0 N–H and O–H groups in total. The molecule has 5 unspecified atom stereocenters. The Bertz CT molecular complexity index is 198. The summed E-state index contributed by atoms with van der Waals surface area (Å²) in [5.74, 6) is 0.634. The third kappa shape index (κ3) is 1.60. The van der Waals surface area contributed by atoms with E-state index in [1.54, 1.807) is 0 Å². The van der Waals surface area contributed by atoms with E-state index in [0.29, 0.717) is 30.3 Å². The van der Waals surface area contributed by atoms with Crippen LogP contribution in [0.2, 0.25) is 0 Å². The topological polar surface area (TPSA) is 34.3 Å². The van der Waals surface area contributed by atoms with Gasteiger partial charge in [0, 0.05) is 5.92 Å². The minimum atomic E-state index is 0.357. The Hall–Kier alpha value is -0.120. The normalized spacial score (nSPS) is 54.7. The van der Waals surface area contributed by atoms with Crippen LogP contribution in [0, 0.1) is 5.92 Å². The molecule has 0 radical (unpaired) electrons. The van der Waals surface area contributed by atoms with Crippen LogP contribution in [0.15, 0.2) is 0 Å². The van der Waals surface area contributed by atoms with Crippen LogP contribution in [-0.4, -0.2) is 37.6 Å². The minimum absolute atomic E-state index is 0.357. The summed E-state index contributed by atoms with van der Waals surface area (Å²) in [5.41, 5.74) is 0. The van der Waals surface area contributed by atoms with Crippen molar-refractivity contribution in [1.29, 1.82) is 0 Å². The summed E-state index contributed by atoms with van der Waals surface area (Å²) >= 11 is 0. The van der Waals surface area contributed by atoms with E-state index < -0.39 is 0 Å². The molecule has 0 aromatic rings. The maximum atomic E-state index is 5.92. The van der Waals surface area contributed by atoms with Crippen molar-refractivity contribution in [2.75, 3.05) is 13.2 Å². The molecule has 13 heavy (non-hydrogen) atoms. The van der Waals surface area contributed by atoms with Crippen molar-refractivity contribution in [1.82, 2.24) is 0 Å². The molecule has 3 nitrogen and oxygen atoms in total. The van der Waals surface area contributed by atoms with Gasteiger partial charge in [0.2, 0.25) is 0 Å². The van der Waals surface area contributed by atoms with Gasteiger partial charge in [-0.3, -0.25) is 0 Å². The molecule has 0 bridgehead atoms. The average Bonchev–Trinajstić information content (AvgIpc) is 3.00. The van der Waals surface area contributed by atoms with Gasteiger partial charge in [-0.2, -0.15) is 0 Å². The van der Waals surface area contributed by atoms with Gasteiger partial charge in [-0.25, -0.2) is 0 Å². The highest BCUT2D eigenvalue weighted by Crippen LogP contribution is 2.36. The molecule has 0 aliphatic carbocycles. The second kappa shape index (κ2) is 2.94. The number of rotatable bonds is 2. The Morgan fingerprint density at radius 2 is 1.62 bits per heavy atom. The van der Waals surface area contributed by atoms with Gasteiger partial charge in [0.15, 0.2) is 0 Å². The maximum absolute atomic E-state index is 5.92. The number of hydrogen-bond acceptors (Lipinski definition) is 3. The molecule has 3 saturated heterocycles. The van der Waals surface area contributed by atoms with Gasteiger partial charge < -0.3 is 14.2 Å². The van der Waals surface area contributed by atoms with Gasteiger partial charge in [-0.15, -0.1) is 0 Å². The number of hydrogen-bond donors (Lipinski definition) is 0. The fourth-order valence-electron chi connectivity index (χ4n) is 2.37. The summed E-state index contributed by atoms with van der Waals surface area (Å²) < 4.78 is 16.5. The molecule has 0 saturated carbocycles. The summed E-state index contributed by atoms with van der Waals surface area (Å²) in [6.45, 7) is 4.02. The fourth-order valence-corrected chi connectivity index (χ4v) is 2.37. The van der Waals surface area contributed by atoms with Crippen molar-refractivity contribution in [2.45, 2.75) is 44.2 Å². The van der Waals surface area contributed by atoms with Crippen LogP contribution in [0.4, 0.5) is 0 Å². The van der Waals surface area contributed by atoms with E-state index in [-0.39, 0.29) is 0 Å². The number of ether oxygens (including phenoxy) is 3. The van der Waals surface area contributed by atoms with Crippen LogP contribution in [0.5, 0.6) is 0 Å². The summed E-state index contributed by atoms with van der Waals surface area (Å²) in [4.78, 5) is 0. The highest BCUT2D eigenvalue weighted by molar-refractivity contribution is 4.91. The summed E-state index contributed by atoms with van der Waals surface area (Å²) in [7, 11) is 0. The first-order valence-electron chi connectivity index (χ1n) is 5.23. The lowest BCUT2D eigenvalue weighted by Gasteiger charge is -2.33. The zero-order chi connectivity index (χ0) is 8.84. The lowest BCUT2D eigenvalue weighted by molar-refractivity contribution is -0.0884. The van der Waals surface area contributed by atoms with E-state index in [2.05, 4.69) is 6.92 Å². The highest BCUT2D eigenvalue weighted by Gasteiger charge is 2.44. The largest absolute Gasteiger partial charge is 0.373 e. The molecule has 0 amide bonds. The van der Waals surface area contributed by atoms with E-state index >= 15 is 0 Å². The van der Waals surface area contributed by atoms with E-state index in [9.17, 15) is 0 Å². The van der Waals surface area contributed by atoms with Gasteiger partial charge in [0.1, 0.15) is 6.10 Å². The van der Waals surface area contributed by atoms with Gasteiger partial charge in [0.25, 0.3) is 0 Å². The first-order chi connectivity index (χ1) is 6.34. The first kappa shape index (κ1) is 8.21. The molecular formula is C10H16O3. The monoisotopic (exact) mass is 184 g/mol. The van der Waals surface area contributed by atoms with Crippen LogP contribution >= 0.6 is 0 Å². The molecule has 5 atom stereocenters. The van der Waals surface area contributed by atoms with E-state index in [4.69, 9.17) is 14.2 Å². The smallest absolute Gasteiger partial charge is 0.107 e. The zero-order valence-corrected chi connectivity index (χ0v) is 7.94. The summed E-state index contributed by atoms with van der Waals surface area (Å²) in [6.07, 6.45) is 4.02. The lowest BCUT2D eigenvalue weighted by Crippen LogP contribution is -2.38. The number of epoxide rings is 2. The van der Waals surface area contributed by atoms with E-state index in [0.717, 1.165) is 19.6 Å². The zero-order valence-electron chi connectivity index (χ0n) is 7.94. The van der Waals surface area contributed by atoms with Gasteiger partial charge >= 0.3 is 0 Å². The summed E-state index contributed by atoms with van der Waals surface area (Å²) in [5, 5.41) is 0. The SMILES string of the molecule is CC1OC(C2CO2)CCC1C1CO1. The minimum Gasteiger partial charge on any atom is -0.373 e. The van der Waals surface area contributed by atoms with Gasteiger partial charge in [-0.05, 0) is 19.8 Å². The fraction of sp³-hybridized carbons (Fsp3) is 1.00. The Morgan fingerprint density at radius 1 is 0.923 bits per heavy atom. The Morgan fingerprint density at radius 3 is 2.15 bits per heavy atom. The standard InChI is InChI=1S/C10H16O3/c1-6-7(9-4-11-9)2-3-8(13-6)10-5-12-10/h6-10H,2-5H2,1H3. The first-order valence-corrected chi connectivity index (χ1v) is 5.23. The van der Waals surface area contributed by atoms with Crippen molar-refractivity contribution in [3.8, 4) is 0 Å². The third-order valence-corrected chi connectivity index (χ3v) is 3.39. The molecule has 3 fully saturated rings. The molecule has 3 heteroatoms. The van der Waals surface area contributed by atoms with Crippen LogP contribution in [-0.2, 0) is 14.2 Å². The van der Waals surface area contributed by atoms with Crippen LogP contribution in [0.1, 0.15) is 19.8 Å². The molecule has 74 valence electrons. The van der Waals surface area contributed by atoms with Crippen LogP contribution in [0.3, 0.4) is 0 Å². The molecule has 3 aliphatic heterocycles. The van der Waals surface area contributed by atoms with Crippen molar-refractivity contribution < 1.29 is 14.2 Å². The van der Waals surface area contributed by atoms with Crippen molar-refractivity contribution in [2.24, 2.45) is 5.92 Å². The van der Waals surface area contributed by atoms with Gasteiger partial charge in [0.05, 0.1) is 31.5 Å². The molecule has 0 aromatic heterocycles. The summed E-state index contributed by atoms with van der Waals surface area (Å²) in [6, 6.07) is 0. The predicted molar refractivity (Wildman–Crippen MR) is 46.5 cm³/mol. The molecule has 0 aromatic carbocycles. The molecule has 3 rings (SSSR count). The lowest BCUT2D eigenvalue weighted by atomic mass is 9.89. The highest BCUT2D eigenvalue weighted by atomic mass is 16.6. The van der Waals surface area contributed by atoms with Crippen molar-refractivity contribution in [3.63, 3.8) is 0 Å². The third-order valence-electron chi connectivity index (χ3n) is 3.39. The van der Waals surface area contributed by atoms with Crippen LogP contribution < -0.4 is 0 Å². The Kier molecular flexibility index (Phi) is 1.86. The maximum Gasteiger partial charge on any atom is 0.107 e. The van der Waals surface area contributed by atoms with Crippen LogP contribution in [0.25, 0.3) is 0 Å². The molecule has 3 aliphatic rings. The average molecular weight is 184 g/mol. The second-order valence-corrected chi connectivity index (χ2v) is 4.36. The van der Waals surface area contributed by atoms with Crippen molar-refractivity contribution in [3.05, 3.63) is 0 Å². The quantitative estimate of drug-likeness (QED) is 0.600. The second-order valence-electron chi connectivity index (χ2n) is 4.36. The molecule has 0 spiro atoms. The van der Waals surface area contributed by atoms with E-state index in [1.165, 1.54) is 6.42 Å². The predicted octanol–water partition coefficient (Wildman–Crippen LogP) is 0.968. The van der Waals surface area contributed by atoms with Crippen molar-refractivity contribution >= 4 is 0 Å². The molecule has 3 heterocycles. The van der Waals surface area contributed by atoms with Gasteiger partial charge in [-0.1, -0.05) is 0 Å². The Labute approximate surface area is 78.3 Å². The van der Waals surface area contributed by atoms with E-state index in [1.807, 2.05) is 0 Å².